The average Bonchev–Trinajstić information content (AvgIpc) is 2.89. The Morgan fingerprint density at radius 2 is 1.53 bits per heavy atom. The molecule has 0 aliphatic heterocycles. The van der Waals surface area contributed by atoms with Crippen molar-refractivity contribution in [1.82, 2.24) is 5.43 Å². The number of rotatable bonds is 9. The van der Waals surface area contributed by atoms with Gasteiger partial charge < -0.3 is 4.74 Å². The van der Waals surface area contributed by atoms with E-state index < -0.39 is 15.9 Å². The van der Waals surface area contributed by atoms with Gasteiger partial charge in [-0.3, -0.25) is 9.52 Å². The Morgan fingerprint density at radius 3 is 2.25 bits per heavy atom. The van der Waals surface area contributed by atoms with Crippen molar-refractivity contribution >= 4 is 39.4 Å². The zero-order valence-electron chi connectivity index (χ0n) is 19.0. The van der Waals surface area contributed by atoms with Crippen LogP contribution < -0.4 is 14.9 Å². The summed E-state index contributed by atoms with van der Waals surface area (Å²) >= 11 is 5.84. The molecule has 4 rings (SSSR count). The van der Waals surface area contributed by atoms with Gasteiger partial charge in [0.2, 0.25) is 0 Å². The molecule has 4 aromatic rings. The number of nitrogens with zero attached hydrogens (tertiary/aromatic N) is 1. The maximum Gasteiger partial charge on any atom is 0.273 e. The normalized spacial score (nSPS) is 11.2. The Morgan fingerprint density at radius 1 is 0.861 bits per heavy atom. The first-order valence-electron chi connectivity index (χ1n) is 10.9. The molecule has 7 nitrogen and oxygen atoms in total. The van der Waals surface area contributed by atoms with Crippen LogP contribution in [0.4, 0.5) is 5.69 Å². The Bertz CT molecular complexity index is 1460. The molecule has 0 fully saturated rings. The number of carbonyl (C=O) groups is 1. The average molecular weight is 520 g/mol. The minimum absolute atomic E-state index is 0.0244. The number of halogens is 1. The first-order chi connectivity index (χ1) is 17.4. The molecule has 0 atom stereocenters. The van der Waals surface area contributed by atoms with E-state index in [1.165, 1.54) is 42.6 Å². The van der Waals surface area contributed by atoms with Crippen LogP contribution in [0.3, 0.4) is 0 Å². The van der Waals surface area contributed by atoms with Crippen LogP contribution in [0.15, 0.2) is 113 Å². The number of carbonyl (C=O) groups excluding carboxylic acids is 1. The van der Waals surface area contributed by atoms with Gasteiger partial charge in [0.1, 0.15) is 12.4 Å². The fourth-order valence-corrected chi connectivity index (χ4v) is 4.41. The van der Waals surface area contributed by atoms with E-state index in [1.807, 2.05) is 54.6 Å². The predicted octanol–water partition coefficient (Wildman–Crippen LogP) is 5.48. The van der Waals surface area contributed by atoms with Gasteiger partial charge in [-0.25, -0.2) is 13.8 Å². The quantitative estimate of drug-likeness (QED) is 0.226. The molecule has 0 unspecified atom stereocenters. The van der Waals surface area contributed by atoms with Crippen LogP contribution in [-0.2, 0) is 16.6 Å². The van der Waals surface area contributed by atoms with Gasteiger partial charge in [0, 0.05) is 5.02 Å². The molecule has 0 spiro atoms. The van der Waals surface area contributed by atoms with Crippen molar-refractivity contribution in [2.75, 3.05) is 4.72 Å². The molecule has 9 heteroatoms. The molecule has 2 N–H and O–H groups in total. The molecule has 36 heavy (non-hydrogen) atoms. The van der Waals surface area contributed by atoms with E-state index in [9.17, 15) is 13.2 Å². The maximum atomic E-state index is 12.7. The van der Waals surface area contributed by atoms with Crippen molar-refractivity contribution in [2.24, 2.45) is 5.10 Å². The minimum Gasteiger partial charge on any atom is -0.489 e. The lowest BCUT2D eigenvalue weighted by atomic mass is 10.2. The van der Waals surface area contributed by atoms with Crippen LogP contribution in [0, 0.1) is 0 Å². The van der Waals surface area contributed by atoms with Crippen LogP contribution in [0.1, 0.15) is 21.5 Å². The number of hydrogen-bond donors (Lipinski definition) is 2. The van der Waals surface area contributed by atoms with Gasteiger partial charge in [-0.15, -0.1) is 0 Å². The number of hydrazone groups is 1. The molecule has 0 saturated heterocycles. The number of amides is 1. The van der Waals surface area contributed by atoms with Gasteiger partial charge in [0.15, 0.2) is 0 Å². The summed E-state index contributed by atoms with van der Waals surface area (Å²) in [6.07, 6.45) is 1.49. The second kappa shape index (κ2) is 11.5. The Balaban J connectivity index is 1.37. The molecular weight excluding hydrogens is 498 g/mol. The van der Waals surface area contributed by atoms with Gasteiger partial charge >= 0.3 is 0 Å². The van der Waals surface area contributed by atoms with E-state index in [2.05, 4.69) is 15.2 Å². The molecule has 0 aliphatic carbocycles. The number of hydrogen-bond acceptors (Lipinski definition) is 5. The van der Waals surface area contributed by atoms with E-state index in [0.717, 1.165) is 11.1 Å². The van der Waals surface area contributed by atoms with Crippen molar-refractivity contribution in [3.8, 4) is 5.75 Å². The monoisotopic (exact) mass is 519 g/mol. The Hall–Kier alpha value is -4.14. The van der Waals surface area contributed by atoms with Crippen LogP contribution in [0.2, 0.25) is 5.02 Å². The number of sulfonamides is 1. The Kier molecular flexibility index (Phi) is 7.99. The summed E-state index contributed by atoms with van der Waals surface area (Å²) < 4.78 is 33.6. The van der Waals surface area contributed by atoms with Gasteiger partial charge in [0.25, 0.3) is 15.9 Å². The smallest absolute Gasteiger partial charge is 0.273 e. The SMILES string of the molecule is O=C(N/N=C\c1ccc(OCc2ccccc2)cc1)c1ccccc1NS(=O)(=O)c1ccc(Cl)cc1. The van der Waals surface area contributed by atoms with Crippen molar-refractivity contribution < 1.29 is 17.9 Å². The molecule has 0 aliphatic rings. The summed E-state index contributed by atoms with van der Waals surface area (Å²) in [5.74, 6) is 0.144. The molecule has 0 bridgehead atoms. The molecule has 4 aromatic carbocycles. The number of anilines is 1. The minimum atomic E-state index is -3.92. The lowest BCUT2D eigenvalue weighted by molar-refractivity contribution is 0.0956. The number of para-hydroxylation sites is 1. The van der Waals surface area contributed by atoms with Crippen molar-refractivity contribution in [3.63, 3.8) is 0 Å². The number of ether oxygens (including phenoxy) is 1. The summed E-state index contributed by atoms with van der Waals surface area (Å²) in [4.78, 5) is 12.7. The van der Waals surface area contributed by atoms with Gasteiger partial charge in [-0.2, -0.15) is 5.10 Å². The standard InChI is InChI=1S/C27H22ClN3O4S/c28-22-12-16-24(17-13-22)36(33,34)31-26-9-5-4-8-25(26)27(32)30-29-18-20-10-14-23(15-11-20)35-19-21-6-2-1-3-7-21/h1-18,31H,19H2,(H,30,32)/b29-18-. The summed E-state index contributed by atoms with van der Waals surface area (Å²) in [5, 5.41) is 4.41. The fraction of sp³-hybridized carbons (Fsp3) is 0.0370. The highest BCUT2D eigenvalue weighted by atomic mass is 35.5. The zero-order valence-corrected chi connectivity index (χ0v) is 20.5. The largest absolute Gasteiger partial charge is 0.489 e. The first kappa shape index (κ1) is 25.0. The molecule has 1 amide bonds. The fourth-order valence-electron chi connectivity index (χ4n) is 3.20. The Labute approximate surface area is 214 Å². The molecule has 182 valence electrons. The number of benzene rings is 4. The topological polar surface area (TPSA) is 96.9 Å². The summed E-state index contributed by atoms with van der Waals surface area (Å²) in [6.45, 7) is 0.464. The lowest BCUT2D eigenvalue weighted by Gasteiger charge is -2.11. The van der Waals surface area contributed by atoms with E-state index in [4.69, 9.17) is 16.3 Å². The first-order valence-corrected chi connectivity index (χ1v) is 12.7. The molecule has 0 saturated carbocycles. The third-order valence-corrected chi connectivity index (χ3v) is 6.68. The van der Waals surface area contributed by atoms with Crippen LogP contribution in [-0.4, -0.2) is 20.5 Å². The van der Waals surface area contributed by atoms with Gasteiger partial charge in [0.05, 0.1) is 22.4 Å². The van der Waals surface area contributed by atoms with Crippen LogP contribution >= 0.6 is 11.6 Å². The molecule has 0 aromatic heterocycles. The summed E-state index contributed by atoms with van der Waals surface area (Å²) in [5.41, 5.74) is 4.50. The van der Waals surface area contributed by atoms with Crippen molar-refractivity contribution in [2.45, 2.75) is 11.5 Å². The number of nitrogens with one attached hydrogen (secondary N) is 2. The second-order valence-corrected chi connectivity index (χ2v) is 9.77. The maximum absolute atomic E-state index is 12.7. The van der Waals surface area contributed by atoms with Gasteiger partial charge in [-0.05, 0) is 71.8 Å². The van der Waals surface area contributed by atoms with E-state index in [-0.39, 0.29) is 16.1 Å². The van der Waals surface area contributed by atoms with Crippen molar-refractivity contribution in [1.29, 1.82) is 0 Å². The van der Waals surface area contributed by atoms with Crippen molar-refractivity contribution in [3.05, 3.63) is 125 Å². The highest BCUT2D eigenvalue weighted by molar-refractivity contribution is 7.92. The highest BCUT2D eigenvalue weighted by Crippen LogP contribution is 2.21. The van der Waals surface area contributed by atoms with E-state index >= 15 is 0 Å². The molecule has 0 radical (unpaired) electrons. The van der Waals surface area contributed by atoms with E-state index in [1.54, 1.807) is 12.1 Å². The third-order valence-electron chi connectivity index (χ3n) is 5.05. The summed E-state index contributed by atoms with van der Waals surface area (Å²) in [7, 11) is -3.92. The molecular formula is C27H22ClN3O4S. The third kappa shape index (κ3) is 6.71. The van der Waals surface area contributed by atoms with Gasteiger partial charge in [-0.1, -0.05) is 54.1 Å². The molecule has 0 heterocycles. The predicted molar refractivity (Wildman–Crippen MR) is 141 cm³/mol. The van der Waals surface area contributed by atoms with Crippen LogP contribution in [0.25, 0.3) is 0 Å². The zero-order chi connectivity index (χ0) is 25.4. The van der Waals surface area contributed by atoms with E-state index in [0.29, 0.717) is 17.4 Å². The highest BCUT2D eigenvalue weighted by Gasteiger charge is 2.18. The second-order valence-electron chi connectivity index (χ2n) is 7.65. The lowest BCUT2D eigenvalue weighted by Crippen LogP contribution is -2.21. The summed E-state index contributed by atoms with van der Waals surface area (Å²) in [6, 6.07) is 29.1. The van der Waals surface area contributed by atoms with Crippen LogP contribution in [0.5, 0.6) is 5.75 Å².